The first kappa shape index (κ1) is 12.2. The lowest BCUT2D eigenvalue weighted by atomic mass is 10.0. The first-order valence-corrected chi connectivity index (χ1v) is 5.51. The average molecular weight is 246 g/mol. The van der Waals surface area contributed by atoms with Crippen molar-refractivity contribution in [3.8, 4) is 17.0 Å². The van der Waals surface area contributed by atoms with Crippen LogP contribution in [0.2, 0.25) is 0 Å². The number of H-pyrrole nitrogens is 1. The Labute approximate surface area is 104 Å². The molecule has 1 heterocycles. The number of methoxy groups -OCH3 is 1. The van der Waals surface area contributed by atoms with Gasteiger partial charge in [0.2, 0.25) is 0 Å². The molecule has 2 aromatic rings. The standard InChI is InChI=1S/C13H14N2O3/c1-8-5-9(3-4-11(8)18-2)13-10(6-12(16)17)7-14-15-13/h3-5,7H,6H2,1-2H3,(H,14,15)(H,16,17). The Balaban J connectivity index is 2.40. The Morgan fingerprint density at radius 1 is 1.50 bits per heavy atom. The SMILES string of the molecule is COc1ccc(-c2[nH]ncc2CC(=O)O)cc1C. The van der Waals surface area contributed by atoms with Crippen molar-refractivity contribution in [2.45, 2.75) is 13.3 Å². The summed E-state index contributed by atoms with van der Waals surface area (Å²) in [4.78, 5) is 10.8. The molecule has 0 aliphatic rings. The molecule has 0 fully saturated rings. The Morgan fingerprint density at radius 2 is 2.28 bits per heavy atom. The van der Waals surface area contributed by atoms with Crippen LogP contribution in [0.4, 0.5) is 0 Å². The number of carboxylic acids is 1. The van der Waals surface area contributed by atoms with E-state index in [9.17, 15) is 4.79 Å². The molecule has 5 heteroatoms. The van der Waals surface area contributed by atoms with Crippen LogP contribution in [0.15, 0.2) is 24.4 Å². The van der Waals surface area contributed by atoms with E-state index in [4.69, 9.17) is 9.84 Å². The number of benzene rings is 1. The van der Waals surface area contributed by atoms with Crippen molar-refractivity contribution in [1.29, 1.82) is 0 Å². The minimum absolute atomic E-state index is 0.0447. The smallest absolute Gasteiger partial charge is 0.307 e. The first-order chi connectivity index (χ1) is 8.61. The minimum Gasteiger partial charge on any atom is -0.496 e. The highest BCUT2D eigenvalue weighted by Gasteiger charge is 2.12. The summed E-state index contributed by atoms with van der Waals surface area (Å²) in [5, 5.41) is 15.6. The lowest BCUT2D eigenvalue weighted by Gasteiger charge is -2.07. The van der Waals surface area contributed by atoms with Gasteiger partial charge in [0.05, 0.1) is 25.4 Å². The molecule has 0 saturated heterocycles. The number of nitrogens with one attached hydrogen (secondary N) is 1. The van der Waals surface area contributed by atoms with Gasteiger partial charge in [-0.2, -0.15) is 5.10 Å². The number of aryl methyl sites for hydroxylation is 1. The number of ether oxygens (including phenoxy) is 1. The highest BCUT2D eigenvalue weighted by Crippen LogP contribution is 2.27. The summed E-state index contributed by atoms with van der Waals surface area (Å²) in [6, 6.07) is 5.68. The van der Waals surface area contributed by atoms with Gasteiger partial charge >= 0.3 is 5.97 Å². The summed E-state index contributed by atoms with van der Waals surface area (Å²) in [5.41, 5.74) is 3.31. The van der Waals surface area contributed by atoms with Crippen molar-refractivity contribution in [3.63, 3.8) is 0 Å². The van der Waals surface area contributed by atoms with Crippen molar-refractivity contribution in [2.75, 3.05) is 7.11 Å². The van der Waals surface area contributed by atoms with Crippen molar-refractivity contribution in [1.82, 2.24) is 10.2 Å². The van der Waals surface area contributed by atoms with Gasteiger partial charge in [0.15, 0.2) is 0 Å². The van der Waals surface area contributed by atoms with Crippen LogP contribution >= 0.6 is 0 Å². The zero-order chi connectivity index (χ0) is 13.1. The fraction of sp³-hybridized carbons (Fsp3) is 0.231. The highest BCUT2D eigenvalue weighted by molar-refractivity contribution is 5.75. The van der Waals surface area contributed by atoms with Gasteiger partial charge < -0.3 is 9.84 Å². The molecule has 18 heavy (non-hydrogen) atoms. The normalized spacial score (nSPS) is 10.3. The second-order valence-corrected chi connectivity index (χ2v) is 4.03. The molecule has 94 valence electrons. The molecule has 0 saturated carbocycles. The van der Waals surface area contributed by atoms with Crippen molar-refractivity contribution < 1.29 is 14.6 Å². The Kier molecular flexibility index (Phi) is 3.32. The van der Waals surface area contributed by atoms with Gasteiger partial charge in [0.25, 0.3) is 0 Å². The number of nitrogens with zero attached hydrogens (tertiary/aromatic N) is 1. The molecule has 1 aromatic heterocycles. The molecule has 5 nitrogen and oxygen atoms in total. The molecule has 2 rings (SSSR count). The highest BCUT2D eigenvalue weighted by atomic mass is 16.5. The van der Waals surface area contributed by atoms with E-state index in [-0.39, 0.29) is 6.42 Å². The number of rotatable bonds is 4. The van der Waals surface area contributed by atoms with Gasteiger partial charge in [0.1, 0.15) is 5.75 Å². The van der Waals surface area contributed by atoms with E-state index in [0.29, 0.717) is 5.56 Å². The Hall–Kier alpha value is -2.30. The number of hydrogen-bond donors (Lipinski definition) is 2. The lowest BCUT2D eigenvalue weighted by molar-refractivity contribution is -0.136. The number of carbonyl (C=O) groups is 1. The minimum atomic E-state index is -0.872. The number of carboxylic acid groups (broad SMARTS) is 1. The summed E-state index contributed by atoms with van der Waals surface area (Å²) in [7, 11) is 1.62. The summed E-state index contributed by atoms with van der Waals surface area (Å²) >= 11 is 0. The van der Waals surface area contributed by atoms with Crippen LogP contribution in [-0.2, 0) is 11.2 Å². The molecular formula is C13H14N2O3. The molecule has 0 amide bonds. The second-order valence-electron chi connectivity index (χ2n) is 4.03. The zero-order valence-corrected chi connectivity index (χ0v) is 10.2. The number of aliphatic carboxylic acids is 1. The van der Waals surface area contributed by atoms with Gasteiger partial charge in [-0.25, -0.2) is 0 Å². The van der Waals surface area contributed by atoms with Crippen molar-refractivity contribution in [2.24, 2.45) is 0 Å². The van der Waals surface area contributed by atoms with Crippen LogP contribution in [0.3, 0.4) is 0 Å². The second kappa shape index (κ2) is 4.91. The van der Waals surface area contributed by atoms with E-state index in [0.717, 1.165) is 22.6 Å². The third-order valence-corrected chi connectivity index (χ3v) is 2.74. The van der Waals surface area contributed by atoms with E-state index in [2.05, 4.69) is 10.2 Å². The molecule has 0 bridgehead atoms. The maximum atomic E-state index is 10.8. The molecular weight excluding hydrogens is 232 g/mol. The van der Waals surface area contributed by atoms with Gasteiger partial charge in [-0.15, -0.1) is 0 Å². The predicted molar refractivity (Wildman–Crippen MR) is 66.7 cm³/mol. The van der Waals surface area contributed by atoms with Gasteiger partial charge in [0, 0.05) is 11.1 Å². The monoisotopic (exact) mass is 246 g/mol. The average Bonchev–Trinajstić information content (AvgIpc) is 2.76. The molecule has 0 radical (unpaired) electrons. The van der Waals surface area contributed by atoms with Crippen LogP contribution < -0.4 is 4.74 Å². The summed E-state index contributed by atoms with van der Waals surface area (Å²) in [6.45, 7) is 1.94. The number of aromatic nitrogens is 2. The van der Waals surface area contributed by atoms with Crippen molar-refractivity contribution in [3.05, 3.63) is 35.5 Å². The van der Waals surface area contributed by atoms with Crippen molar-refractivity contribution >= 4 is 5.97 Å². The zero-order valence-electron chi connectivity index (χ0n) is 10.2. The molecule has 0 aliphatic carbocycles. The lowest BCUT2D eigenvalue weighted by Crippen LogP contribution is -2.00. The fourth-order valence-electron chi connectivity index (χ4n) is 1.89. The van der Waals surface area contributed by atoms with E-state index in [1.54, 1.807) is 13.3 Å². The Bertz CT molecular complexity index is 575. The van der Waals surface area contributed by atoms with E-state index >= 15 is 0 Å². The topological polar surface area (TPSA) is 75.2 Å². The number of aromatic amines is 1. The van der Waals surface area contributed by atoms with Crippen LogP contribution in [0.1, 0.15) is 11.1 Å². The van der Waals surface area contributed by atoms with Crippen LogP contribution in [-0.4, -0.2) is 28.4 Å². The summed E-state index contributed by atoms with van der Waals surface area (Å²) in [6.07, 6.45) is 1.50. The summed E-state index contributed by atoms with van der Waals surface area (Å²) in [5.74, 6) is -0.0686. The van der Waals surface area contributed by atoms with Gasteiger partial charge in [-0.1, -0.05) is 0 Å². The fourth-order valence-corrected chi connectivity index (χ4v) is 1.89. The van der Waals surface area contributed by atoms with E-state index in [1.165, 1.54) is 0 Å². The summed E-state index contributed by atoms with van der Waals surface area (Å²) < 4.78 is 5.19. The largest absolute Gasteiger partial charge is 0.496 e. The maximum absolute atomic E-state index is 10.8. The molecule has 0 aliphatic heterocycles. The third kappa shape index (κ3) is 2.34. The van der Waals surface area contributed by atoms with Crippen LogP contribution in [0.5, 0.6) is 5.75 Å². The number of hydrogen-bond acceptors (Lipinski definition) is 3. The van der Waals surface area contributed by atoms with E-state index < -0.39 is 5.97 Å². The molecule has 0 atom stereocenters. The van der Waals surface area contributed by atoms with Crippen LogP contribution in [0, 0.1) is 6.92 Å². The third-order valence-electron chi connectivity index (χ3n) is 2.74. The molecule has 0 unspecified atom stereocenters. The first-order valence-electron chi connectivity index (χ1n) is 5.51. The van der Waals surface area contributed by atoms with Gasteiger partial charge in [-0.3, -0.25) is 9.89 Å². The molecule has 0 spiro atoms. The molecule has 1 aromatic carbocycles. The quantitative estimate of drug-likeness (QED) is 0.865. The van der Waals surface area contributed by atoms with E-state index in [1.807, 2.05) is 25.1 Å². The maximum Gasteiger partial charge on any atom is 0.307 e. The predicted octanol–water partition coefficient (Wildman–Crippen LogP) is 2.02. The van der Waals surface area contributed by atoms with Gasteiger partial charge in [-0.05, 0) is 30.7 Å². The Morgan fingerprint density at radius 3 is 2.89 bits per heavy atom. The van der Waals surface area contributed by atoms with Crippen LogP contribution in [0.25, 0.3) is 11.3 Å². The molecule has 2 N–H and O–H groups in total.